The monoisotopic (exact) mass is 612 g/mol. The van der Waals surface area contributed by atoms with E-state index in [1.54, 1.807) is 18.2 Å². The van der Waals surface area contributed by atoms with Crippen LogP contribution in [0.2, 0.25) is 10.0 Å². The summed E-state index contributed by atoms with van der Waals surface area (Å²) in [6.07, 6.45) is 4.12. The summed E-state index contributed by atoms with van der Waals surface area (Å²) >= 11 is 12.4. The van der Waals surface area contributed by atoms with Gasteiger partial charge in [0.15, 0.2) is 11.5 Å². The average Bonchev–Trinajstić information content (AvgIpc) is 3.28. The Kier molecular flexibility index (Phi) is 7.52. The SMILES string of the molecule is C=CCN1CC[C@]23c4c5ccc(O)c4O[C@H]2[C@@H](N(CC(C)C)C(=O)Cc2ccc(Cl)c(Cl)c2)CC[C@@]3(OC(C)=O)[C@H]1C5. The minimum atomic E-state index is -0.858. The van der Waals surface area contributed by atoms with Crippen molar-refractivity contribution in [3.63, 3.8) is 0 Å². The van der Waals surface area contributed by atoms with Gasteiger partial charge in [-0.3, -0.25) is 14.5 Å². The van der Waals surface area contributed by atoms with Crippen molar-refractivity contribution in [3.8, 4) is 11.5 Å². The Morgan fingerprint density at radius 3 is 2.71 bits per heavy atom. The third-order valence-electron chi connectivity index (χ3n) is 9.81. The number of phenolic OH excluding ortho intramolecular Hbond substituents is 1. The van der Waals surface area contributed by atoms with Crippen LogP contribution in [-0.4, -0.2) is 70.2 Å². The Hall–Kier alpha value is -2.74. The summed E-state index contributed by atoms with van der Waals surface area (Å²) in [6.45, 7) is 11.7. The van der Waals surface area contributed by atoms with Crippen LogP contribution in [0.3, 0.4) is 0 Å². The van der Waals surface area contributed by atoms with Crippen LogP contribution in [-0.2, 0) is 32.6 Å². The maximum atomic E-state index is 14.1. The molecule has 9 heteroatoms. The number of ether oxygens (including phenoxy) is 2. The van der Waals surface area contributed by atoms with E-state index in [1.165, 1.54) is 6.92 Å². The van der Waals surface area contributed by atoms with Crippen molar-refractivity contribution in [3.05, 3.63) is 69.7 Å². The lowest BCUT2D eigenvalue weighted by Gasteiger charge is -2.65. The van der Waals surface area contributed by atoms with E-state index in [0.717, 1.165) is 23.2 Å². The fraction of sp³-hybridized carbons (Fsp3) is 0.515. The largest absolute Gasteiger partial charge is 0.504 e. The lowest BCUT2D eigenvalue weighted by atomic mass is 9.48. The standard InChI is InChI=1S/C33H38Cl2N2O5/c1-5-13-36-14-12-32-29-22-7-9-26(39)30(29)41-31(32)25(10-11-33(32,27(36)17-22)42-20(4)38)37(18-19(2)3)28(40)16-21-6-8-23(34)24(35)15-21/h5-9,15,19,25,27,31,39H,1,10-14,16-18H2,2-4H3/t25-,27+,31-,32-,33+/m0/s1. The van der Waals surface area contributed by atoms with Crippen molar-refractivity contribution in [2.45, 2.75) is 82.1 Å². The highest BCUT2D eigenvalue weighted by molar-refractivity contribution is 6.42. The molecule has 0 radical (unpaired) electrons. The third-order valence-corrected chi connectivity index (χ3v) is 10.6. The number of esters is 1. The maximum absolute atomic E-state index is 14.1. The molecule has 2 bridgehead atoms. The minimum Gasteiger partial charge on any atom is -0.504 e. The Bertz CT molecular complexity index is 1450. The molecule has 2 fully saturated rings. The van der Waals surface area contributed by atoms with Crippen LogP contribution in [0.15, 0.2) is 43.0 Å². The number of likely N-dealkylation sites (tertiary alicyclic amines) is 1. The van der Waals surface area contributed by atoms with Crippen LogP contribution >= 0.6 is 23.2 Å². The van der Waals surface area contributed by atoms with Gasteiger partial charge in [0.25, 0.3) is 0 Å². The first-order valence-electron chi connectivity index (χ1n) is 14.8. The smallest absolute Gasteiger partial charge is 0.303 e. The van der Waals surface area contributed by atoms with Gasteiger partial charge in [-0.25, -0.2) is 0 Å². The number of rotatable bonds is 8. The Morgan fingerprint density at radius 1 is 1.24 bits per heavy atom. The second-order valence-electron chi connectivity index (χ2n) is 12.7. The molecule has 2 aliphatic carbocycles. The summed E-state index contributed by atoms with van der Waals surface area (Å²) in [6, 6.07) is 8.61. The van der Waals surface area contributed by atoms with E-state index in [4.69, 9.17) is 32.7 Å². The van der Waals surface area contributed by atoms with E-state index in [-0.39, 0.29) is 42.0 Å². The summed E-state index contributed by atoms with van der Waals surface area (Å²) < 4.78 is 13.3. The summed E-state index contributed by atoms with van der Waals surface area (Å²) in [5.41, 5.74) is 1.28. The second kappa shape index (κ2) is 10.8. The van der Waals surface area contributed by atoms with Crippen molar-refractivity contribution in [1.82, 2.24) is 9.80 Å². The molecule has 42 heavy (non-hydrogen) atoms. The van der Waals surface area contributed by atoms with E-state index in [1.807, 2.05) is 23.1 Å². The van der Waals surface area contributed by atoms with Gasteiger partial charge < -0.3 is 19.5 Å². The molecular formula is C33H38Cl2N2O5. The first kappa shape index (κ1) is 29.3. The molecule has 2 heterocycles. The van der Waals surface area contributed by atoms with Crippen molar-refractivity contribution >= 4 is 35.1 Å². The zero-order chi connectivity index (χ0) is 30.0. The first-order valence-corrected chi connectivity index (χ1v) is 15.6. The van der Waals surface area contributed by atoms with Gasteiger partial charge in [-0.05, 0) is 60.9 Å². The van der Waals surface area contributed by atoms with Crippen LogP contribution in [0, 0.1) is 5.92 Å². The number of carbonyl (C=O) groups is 2. The number of amides is 1. The van der Waals surface area contributed by atoms with Crippen LogP contribution in [0.4, 0.5) is 0 Å². The quantitative estimate of drug-likeness (QED) is 0.304. The lowest BCUT2D eigenvalue weighted by molar-refractivity contribution is -0.223. The van der Waals surface area contributed by atoms with Crippen molar-refractivity contribution in [1.29, 1.82) is 0 Å². The van der Waals surface area contributed by atoms with Crippen LogP contribution in [0.25, 0.3) is 0 Å². The molecule has 2 aliphatic heterocycles. The number of halogens is 2. The zero-order valence-electron chi connectivity index (χ0n) is 24.4. The van der Waals surface area contributed by atoms with Gasteiger partial charge in [0, 0.05) is 32.1 Å². The van der Waals surface area contributed by atoms with Crippen LogP contribution in [0.1, 0.15) is 56.7 Å². The normalized spacial score (nSPS) is 29.0. The zero-order valence-corrected chi connectivity index (χ0v) is 25.9. The number of benzene rings is 2. The summed E-state index contributed by atoms with van der Waals surface area (Å²) in [4.78, 5) is 31.3. The van der Waals surface area contributed by atoms with Crippen LogP contribution in [0.5, 0.6) is 11.5 Å². The maximum Gasteiger partial charge on any atom is 0.303 e. The molecule has 4 aliphatic rings. The molecule has 5 atom stereocenters. The Morgan fingerprint density at radius 2 is 2.02 bits per heavy atom. The molecule has 0 aromatic heterocycles. The fourth-order valence-electron chi connectivity index (χ4n) is 8.48. The molecule has 224 valence electrons. The van der Waals surface area contributed by atoms with Crippen molar-refractivity contribution in [2.24, 2.45) is 5.92 Å². The molecule has 2 aromatic carbocycles. The van der Waals surface area contributed by atoms with E-state index in [9.17, 15) is 14.7 Å². The highest BCUT2D eigenvalue weighted by Crippen LogP contribution is 2.67. The first-order chi connectivity index (χ1) is 20.0. The third kappa shape index (κ3) is 4.34. The van der Waals surface area contributed by atoms with Gasteiger partial charge >= 0.3 is 5.97 Å². The molecule has 1 saturated carbocycles. The molecule has 0 unspecified atom stereocenters. The van der Waals surface area contributed by atoms with Gasteiger partial charge in [-0.2, -0.15) is 0 Å². The minimum absolute atomic E-state index is 0.0241. The number of carbonyl (C=O) groups excluding carboxylic acids is 2. The van der Waals surface area contributed by atoms with E-state index in [2.05, 4.69) is 25.3 Å². The summed E-state index contributed by atoms with van der Waals surface area (Å²) in [5, 5.41) is 11.9. The summed E-state index contributed by atoms with van der Waals surface area (Å²) in [5.74, 6) is 0.407. The molecule has 1 N–H and O–H groups in total. The molecule has 1 spiro atoms. The molecule has 2 aromatic rings. The molecule has 7 nitrogen and oxygen atoms in total. The number of piperidine rings is 1. The molecule has 1 amide bonds. The van der Waals surface area contributed by atoms with Crippen molar-refractivity contribution < 1.29 is 24.2 Å². The number of hydrogen-bond acceptors (Lipinski definition) is 6. The van der Waals surface area contributed by atoms with Gasteiger partial charge in [-0.15, -0.1) is 6.58 Å². The highest BCUT2D eigenvalue weighted by atomic mass is 35.5. The van der Waals surface area contributed by atoms with E-state index < -0.39 is 17.1 Å². The Labute approximate surface area is 257 Å². The Balaban J connectivity index is 1.47. The lowest BCUT2D eigenvalue weighted by Crippen LogP contribution is -2.79. The second-order valence-corrected chi connectivity index (χ2v) is 13.5. The topological polar surface area (TPSA) is 79.3 Å². The predicted octanol–water partition coefficient (Wildman–Crippen LogP) is 5.71. The summed E-state index contributed by atoms with van der Waals surface area (Å²) in [7, 11) is 0. The van der Waals surface area contributed by atoms with Gasteiger partial charge in [0.2, 0.25) is 5.91 Å². The molecular weight excluding hydrogens is 575 g/mol. The van der Waals surface area contributed by atoms with Crippen molar-refractivity contribution in [2.75, 3.05) is 19.6 Å². The fourth-order valence-corrected chi connectivity index (χ4v) is 8.80. The predicted molar refractivity (Wildman–Crippen MR) is 162 cm³/mol. The van der Waals surface area contributed by atoms with Crippen LogP contribution < -0.4 is 4.74 Å². The van der Waals surface area contributed by atoms with E-state index >= 15 is 0 Å². The van der Waals surface area contributed by atoms with Gasteiger partial charge in [0.05, 0.1) is 34.0 Å². The molecule has 6 rings (SSSR count). The number of aromatic hydroxyl groups is 1. The van der Waals surface area contributed by atoms with Gasteiger partial charge in [0.1, 0.15) is 11.7 Å². The van der Waals surface area contributed by atoms with Gasteiger partial charge in [-0.1, -0.05) is 55.3 Å². The number of hydrogen-bond donors (Lipinski definition) is 1. The van der Waals surface area contributed by atoms with E-state index in [0.29, 0.717) is 54.6 Å². The molecule has 1 saturated heterocycles. The average molecular weight is 614 g/mol. The number of phenols is 1. The number of nitrogens with zero attached hydrogens (tertiary/aromatic N) is 2. The highest BCUT2D eigenvalue weighted by Gasteiger charge is 2.75.